The van der Waals surface area contributed by atoms with Gasteiger partial charge in [-0.05, 0) is 48.4 Å². The van der Waals surface area contributed by atoms with Gasteiger partial charge in [0.05, 0.1) is 18.5 Å². The van der Waals surface area contributed by atoms with E-state index in [4.69, 9.17) is 4.74 Å². The number of ether oxygens (including phenoxy) is 1. The number of hydrogen-bond donors (Lipinski definition) is 1. The van der Waals surface area contributed by atoms with Gasteiger partial charge in [0.2, 0.25) is 10.0 Å². The van der Waals surface area contributed by atoms with Gasteiger partial charge in [-0.25, -0.2) is 12.8 Å². The van der Waals surface area contributed by atoms with Gasteiger partial charge in [-0.2, -0.15) is 0 Å². The van der Waals surface area contributed by atoms with Crippen molar-refractivity contribution < 1.29 is 22.3 Å². The Kier molecular flexibility index (Phi) is 7.32. The molecule has 0 fully saturated rings. The third kappa shape index (κ3) is 6.33. The maximum Gasteiger partial charge on any atom is 0.251 e. The summed E-state index contributed by atoms with van der Waals surface area (Å²) in [6.07, 6.45) is 1.81. The average molecular weight is 394 g/mol. The van der Waals surface area contributed by atoms with Crippen LogP contribution in [0.4, 0.5) is 10.1 Å². The maximum atomic E-state index is 13.1. The fraction of sp³-hybridized carbons (Fsp3) is 0.316. The molecule has 0 saturated carbocycles. The van der Waals surface area contributed by atoms with Crippen LogP contribution in [0.2, 0.25) is 0 Å². The van der Waals surface area contributed by atoms with Crippen LogP contribution in [0.5, 0.6) is 0 Å². The fourth-order valence-electron chi connectivity index (χ4n) is 2.46. The molecular weight excluding hydrogens is 371 g/mol. The predicted molar refractivity (Wildman–Crippen MR) is 103 cm³/mol. The van der Waals surface area contributed by atoms with Crippen LogP contribution >= 0.6 is 0 Å². The second-order valence-electron chi connectivity index (χ2n) is 6.05. The van der Waals surface area contributed by atoms with Crippen LogP contribution in [0.15, 0.2) is 48.5 Å². The van der Waals surface area contributed by atoms with Crippen LogP contribution in [0.3, 0.4) is 0 Å². The SMILES string of the molecule is COCCCNC(=O)c1ccc(N(Cc2ccc(F)cc2)S(C)(=O)=O)cc1. The van der Waals surface area contributed by atoms with E-state index in [2.05, 4.69) is 5.32 Å². The first kappa shape index (κ1) is 20.9. The van der Waals surface area contributed by atoms with Crippen molar-refractivity contribution in [3.8, 4) is 0 Å². The molecule has 146 valence electrons. The number of halogens is 1. The first-order valence-corrected chi connectivity index (χ1v) is 10.3. The van der Waals surface area contributed by atoms with Crippen molar-refractivity contribution >= 4 is 21.6 Å². The first-order valence-electron chi connectivity index (χ1n) is 8.40. The van der Waals surface area contributed by atoms with E-state index in [9.17, 15) is 17.6 Å². The quantitative estimate of drug-likeness (QED) is 0.663. The molecular formula is C19H23FN2O4S. The lowest BCUT2D eigenvalue weighted by Crippen LogP contribution is -2.29. The number of carbonyl (C=O) groups is 1. The summed E-state index contributed by atoms with van der Waals surface area (Å²) in [7, 11) is -1.96. The number of rotatable bonds is 9. The summed E-state index contributed by atoms with van der Waals surface area (Å²) >= 11 is 0. The number of benzene rings is 2. The Hall–Kier alpha value is -2.45. The van der Waals surface area contributed by atoms with Gasteiger partial charge in [0, 0.05) is 25.8 Å². The number of amides is 1. The number of nitrogens with zero attached hydrogens (tertiary/aromatic N) is 1. The topological polar surface area (TPSA) is 75.7 Å². The smallest absolute Gasteiger partial charge is 0.251 e. The highest BCUT2D eigenvalue weighted by Crippen LogP contribution is 2.21. The van der Waals surface area contributed by atoms with Crippen molar-refractivity contribution in [2.24, 2.45) is 0 Å². The summed E-state index contributed by atoms with van der Waals surface area (Å²) < 4.78 is 43.6. The highest BCUT2D eigenvalue weighted by molar-refractivity contribution is 7.92. The van der Waals surface area contributed by atoms with Gasteiger partial charge in [0.15, 0.2) is 0 Å². The lowest BCUT2D eigenvalue weighted by Gasteiger charge is -2.22. The molecule has 6 nitrogen and oxygen atoms in total. The minimum atomic E-state index is -3.55. The molecule has 2 rings (SSSR count). The number of anilines is 1. The number of sulfonamides is 1. The molecule has 2 aromatic carbocycles. The highest BCUT2D eigenvalue weighted by atomic mass is 32.2. The summed E-state index contributed by atoms with van der Waals surface area (Å²) in [5, 5.41) is 2.77. The molecule has 0 unspecified atom stereocenters. The third-order valence-corrected chi connectivity index (χ3v) is 5.01. The van der Waals surface area contributed by atoms with Gasteiger partial charge in [-0.15, -0.1) is 0 Å². The Morgan fingerprint density at radius 2 is 1.74 bits per heavy atom. The van der Waals surface area contributed by atoms with Crippen molar-refractivity contribution in [2.45, 2.75) is 13.0 Å². The van der Waals surface area contributed by atoms with Crippen LogP contribution in [0, 0.1) is 5.82 Å². The largest absolute Gasteiger partial charge is 0.385 e. The van der Waals surface area contributed by atoms with Crippen LogP contribution in [-0.4, -0.2) is 40.8 Å². The molecule has 2 aromatic rings. The minimum Gasteiger partial charge on any atom is -0.385 e. The Labute approximate surface area is 159 Å². The summed E-state index contributed by atoms with van der Waals surface area (Å²) in [5.74, 6) is -0.618. The second kappa shape index (κ2) is 9.48. The third-order valence-electron chi connectivity index (χ3n) is 3.87. The molecule has 0 aromatic heterocycles. The zero-order valence-electron chi connectivity index (χ0n) is 15.3. The number of methoxy groups -OCH3 is 1. The van der Waals surface area contributed by atoms with Gasteiger partial charge in [0.1, 0.15) is 5.82 Å². The molecule has 8 heteroatoms. The standard InChI is InChI=1S/C19H23FN2O4S/c1-26-13-3-12-21-19(23)16-6-10-18(11-7-16)22(27(2,24)25)14-15-4-8-17(20)9-5-15/h4-11H,3,12-14H2,1-2H3,(H,21,23). The van der Waals surface area contributed by atoms with Crippen LogP contribution < -0.4 is 9.62 Å². The predicted octanol–water partition coefficient (Wildman–Crippen LogP) is 2.56. The molecule has 0 saturated heterocycles. The van der Waals surface area contributed by atoms with Gasteiger partial charge in [-0.3, -0.25) is 9.10 Å². The number of nitrogens with one attached hydrogen (secondary N) is 1. The van der Waals surface area contributed by atoms with Crippen molar-refractivity contribution in [2.75, 3.05) is 30.8 Å². The summed E-state index contributed by atoms with van der Waals surface area (Å²) in [5.41, 5.74) is 1.52. The molecule has 1 amide bonds. The van der Waals surface area contributed by atoms with E-state index in [0.29, 0.717) is 36.4 Å². The van der Waals surface area contributed by atoms with Crippen LogP contribution in [0.1, 0.15) is 22.3 Å². The second-order valence-corrected chi connectivity index (χ2v) is 7.95. The van der Waals surface area contributed by atoms with Crippen molar-refractivity contribution in [3.63, 3.8) is 0 Å². The molecule has 0 aliphatic heterocycles. The fourth-order valence-corrected chi connectivity index (χ4v) is 3.34. The Morgan fingerprint density at radius 1 is 1.11 bits per heavy atom. The molecule has 0 atom stereocenters. The molecule has 27 heavy (non-hydrogen) atoms. The van der Waals surface area contributed by atoms with Gasteiger partial charge in [0.25, 0.3) is 5.91 Å². The monoisotopic (exact) mass is 394 g/mol. The average Bonchev–Trinajstić information content (AvgIpc) is 2.64. The van der Waals surface area contributed by atoms with Crippen LogP contribution in [0.25, 0.3) is 0 Å². The Balaban J connectivity index is 2.12. The van der Waals surface area contributed by atoms with E-state index in [1.54, 1.807) is 31.4 Å². The van der Waals surface area contributed by atoms with E-state index in [1.807, 2.05) is 0 Å². The van der Waals surface area contributed by atoms with E-state index >= 15 is 0 Å². The van der Waals surface area contributed by atoms with Gasteiger partial charge >= 0.3 is 0 Å². The van der Waals surface area contributed by atoms with Crippen molar-refractivity contribution in [3.05, 3.63) is 65.5 Å². The summed E-state index contributed by atoms with van der Waals surface area (Å²) in [4.78, 5) is 12.1. The van der Waals surface area contributed by atoms with Crippen molar-refractivity contribution in [1.29, 1.82) is 0 Å². The lowest BCUT2D eigenvalue weighted by atomic mass is 10.1. The lowest BCUT2D eigenvalue weighted by molar-refractivity contribution is 0.0948. The molecule has 0 aliphatic rings. The molecule has 1 N–H and O–H groups in total. The van der Waals surface area contributed by atoms with Crippen molar-refractivity contribution in [1.82, 2.24) is 5.32 Å². The number of carbonyl (C=O) groups excluding carboxylic acids is 1. The van der Waals surface area contributed by atoms with Gasteiger partial charge in [-0.1, -0.05) is 12.1 Å². The van der Waals surface area contributed by atoms with E-state index in [1.165, 1.54) is 28.6 Å². The van der Waals surface area contributed by atoms with E-state index < -0.39 is 10.0 Å². The minimum absolute atomic E-state index is 0.0711. The zero-order valence-corrected chi connectivity index (χ0v) is 16.1. The molecule has 0 spiro atoms. The zero-order chi connectivity index (χ0) is 19.9. The van der Waals surface area contributed by atoms with E-state index in [-0.39, 0.29) is 18.3 Å². The summed E-state index contributed by atoms with van der Waals surface area (Å²) in [6, 6.07) is 11.9. The molecule has 0 aliphatic carbocycles. The number of hydrogen-bond acceptors (Lipinski definition) is 4. The molecule has 0 radical (unpaired) electrons. The molecule has 0 heterocycles. The van der Waals surface area contributed by atoms with E-state index in [0.717, 1.165) is 6.26 Å². The van der Waals surface area contributed by atoms with Crippen LogP contribution in [-0.2, 0) is 21.3 Å². The summed E-state index contributed by atoms with van der Waals surface area (Å²) in [6.45, 7) is 1.13. The highest BCUT2D eigenvalue weighted by Gasteiger charge is 2.18. The van der Waals surface area contributed by atoms with Gasteiger partial charge < -0.3 is 10.1 Å². The Morgan fingerprint density at radius 3 is 2.30 bits per heavy atom. The molecule has 0 bridgehead atoms. The normalized spacial score (nSPS) is 11.2. The maximum absolute atomic E-state index is 13.1. The first-order chi connectivity index (χ1) is 12.8. The Bertz CT molecular complexity index is 852.